The number of carbonyl (C=O) groups is 1. The molecule has 0 radical (unpaired) electrons. The Labute approximate surface area is 100 Å². The average Bonchev–Trinajstić information content (AvgIpc) is 2.44. The largest absolute Gasteiger partial charge is 0.486 e. The SMILES string of the molecule is C[C@]1(C#N)C[C@@H]2C(=O)COc3ccccc3[C@@H]21. The molecule has 1 saturated carbocycles. The molecule has 0 unspecified atom stereocenters. The molecule has 86 valence electrons. The van der Waals surface area contributed by atoms with Crippen molar-refractivity contribution in [2.75, 3.05) is 6.61 Å². The van der Waals surface area contributed by atoms with Gasteiger partial charge in [0.25, 0.3) is 0 Å². The highest BCUT2D eigenvalue weighted by molar-refractivity contribution is 5.86. The summed E-state index contributed by atoms with van der Waals surface area (Å²) in [6.07, 6.45) is 0.657. The molecular formula is C14H13NO2. The van der Waals surface area contributed by atoms with Gasteiger partial charge in [-0.15, -0.1) is 0 Å². The summed E-state index contributed by atoms with van der Waals surface area (Å²) < 4.78 is 5.52. The molecule has 1 aliphatic carbocycles. The quantitative estimate of drug-likeness (QED) is 0.683. The normalized spacial score (nSPS) is 34.5. The molecule has 3 heteroatoms. The number of nitrogens with zero attached hydrogens (tertiary/aromatic N) is 1. The van der Waals surface area contributed by atoms with Crippen molar-refractivity contribution in [2.24, 2.45) is 11.3 Å². The lowest BCUT2D eigenvalue weighted by molar-refractivity contribution is -0.131. The average molecular weight is 227 g/mol. The molecule has 0 spiro atoms. The summed E-state index contributed by atoms with van der Waals surface area (Å²) in [5.74, 6) is 0.843. The van der Waals surface area contributed by atoms with E-state index >= 15 is 0 Å². The lowest BCUT2D eigenvalue weighted by Crippen LogP contribution is -2.46. The van der Waals surface area contributed by atoms with Crippen LogP contribution in [0.3, 0.4) is 0 Å². The van der Waals surface area contributed by atoms with E-state index in [2.05, 4.69) is 6.07 Å². The Kier molecular flexibility index (Phi) is 2.03. The van der Waals surface area contributed by atoms with Crippen molar-refractivity contribution in [2.45, 2.75) is 19.3 Å². The van der Waals surface area contributed by atoms with Gasteiger partial charge in [0.15, 0.2) is 5.78 Å². The second-order valence-electron chi connectivity index (χ2n) is 5.11. The van der Waals surface area contributed by atoms with E-state index in [1.54, 1.807) is 0 Å². The van der Waals surface area contributed by atoms with E-state index in [-0.39, 0.29) is 24.2 Å². The number of nitriles is 1. The molecule has 3 rings (SSSR count). The molecule has 1 aromatic rings. The first-order valence-electron chi connectivity index (χ1n) is 5.81. The Morgan fingerprint density at radius 2 is 2.24 bits per heavy atom. The van der Waals surface area contributed by atoms with Gasteiger partial charge in [0.1, 0.15) is 12.4 Å². The highest BCUT2D eigenvalue weighted by atomic mass is 16.5. The van der Waals surface area contributed by atoms with Crippen LogP contribution in [-0.4, -0.2) is 12.4 Å². The third-order valence-electron chi connectivity index (χ3n) is 4.03. The number of ether oxygens (including phenoxy) is 1. The van der Waals surface area contributed by atoms with Gasteiger partial charge in [-0.05, 0) is 25.0 Å². The van der Waals surface area contributed by atoms with Crippen molar-refractivity contribution in [1.29, 1.82) is 5.26 Å². The van der Waals surface area contributed by atoms with E-state index in [9.17, 15) is 10.1 Å². The zero-order chi connectivity index (χ0) is 12.0. The van der Waals surface area contributed by atoms with Crippen molar-refractivity contribution in [3.8, 4) is 11.8 Å². The van der Waals surface area contributed by atoms with Crippen LogP contribution in [0.4, 0.5) is 0 Å². The predicted octanol–water partition coefficient (Wildman–Crippen LogP) is 2.28. The highest BCUT2D eigenvalue weighted by Gasteiger charge is 2.56. The molecule has 0 aromatic heterocycles. The molecule has 3 nitrogen and oxygen atoms in total. The van der Waals surface area contributed by atoms with Crippen LogP contribution in [0.2, 0.25) is 0 Å². The Hall–Kier alpha value is -1.82. The monoisotopic (exact) mass is 227 g/mol. The van der Waals surface area contributed by atoms with Gasteiger partial charge in [0, 0.05) is 11.8 Å². The van der Waals surface area contributed by atoms with Gasteiger partial charge in [0.05, 0.1) is 11.5 Å². The summed E-state index contributed by atoms with van der Waals surface area (Å²) in [6, 6.07) is 10.0. The lowest BCUT2D eigenvalue weighted by Gasteiger charge is -2.47. The maximum Gasteiger partial charge on any atom is 0.173 e. The van der Waals surface area contributed by atoms with Gasteiger partial charge in [-0.1, -0.05) is 18.2 Å². The van der Waals surface area contributed by atoms with Crippen LogP contribution >= 0.6 is 0 Å². The van der Waals surface area contributed by atoms with Crippen molar-refractivity contribution in [3.63, 3.8) is 0 Å². The Morgan fingerprint density at radius 3 is 3.00 bits per heavy atom. The summed E-state index contributed by atoms with van der Waals surface area (Å²) in [4.78, 5) is 11.9. The van der Waals surface area contributed by atoms with E-state index in [0.717, 1.165) is 11.3 Å². The topological polar surface area (TPSA) is 50.1 Å². The Bertz CT molecular complexity index is 531. The number of fused-ring (bicyclic) bond motifs is 3. The number of ketones is 1. The van der Waals surface area contributed by atoms with E-state index in [1.807, 2.05) is 31.2 Å². The molecule has 1 aromatic carbocycles. The first kappa shape index (κ1) is 10.3. The van der Waals surface area contributed by atoms with Crippen LogP contribution in [0.25, 0.3) is 0 Å². The fourth-order valence-electron chi connectivity index (χ4n) is 3.08. The zero-order valence-corrected chi connectivity index (χ0v) is 9.64. The Balaban J connectivity index is 2.12. The number of benzene rings is 1. The molecule has 0 N–H and O–H groups in total. The third-order valence-corrected chi connectivity index (χ3v) is 4.03. The molecule has 0 bridgehead atoms. The molecule has 1 heterocycles. The summed E-state index contributed by atoms with van der Waals surface area (Å²) in [5, 5.41) is 9.29. The van der Waals surface area contributed by atoms with Gasteiger partial charge in [-0.2, -0.15) is 5.26 Å². The van der Waals surface area contributed by atoms with Gasteiger partial charge >= 0.3 is 0 Å². The molecule has 1 aliphatic heterocycles. The zero-order valence-electron chi connectivity index (χ0n) is 9.64. The number of carbonyl (C=O) groups excluding carboxylic acids is 1. The fourth-order valence-corrected chi connectivity index (χ4v) is 3.08. The minimum atomic E-state index is -0.426. The maximum absolute atomic E-state index is 11.9. The molecular weight excluding hydrogens is 214 g/mol. The Morgan fingerprint density at radius 1 is 1.47 bits per heavy atom. The lowest BCUT2D eigenvalue weighted by atomic mass is 9.52. The van der Waals surface area contributed by atoms with Crippen molar-refractivity contribution in [1.82, 2.24) is 0 Å². The minimum absolute atomic E-state index is 0.00120. The van der Waals surface area contributed by atoms with Gasteiger partial charge in [-0.3, -0.25) is 4.79 Å². The summed E-state index contributed by atoms with van der Waals surface area (Å²) in [6.45, 7) is 2.07. The van der Waals surface area contributed by atoms with Crippen LogP contribution in [0.5, 0.6) is 5.75 Å². The molecule has 17 heavy (non-hydrogen) atoms. The number of rotatable bonds is 0. The minimum Gasteiger partial charge on any atom is -0.486 e. The number of Topliss-reactive ketones (excluding diaryl/α,β-unsaturated/α-hetero) is 1. The van der Waals surface area contributed by atoms with E-state index in [1.165, 1.54) is 0 Å². The van der Waals surface area contributed by atoms with Crippen LogP contribution in [-0.2, 0) is 4.79 Å². The van der Waals surface area contributed by atoms with Crippen molar-refractivity contribution >= 4 is 5.78 Å². The molecule has 3 atom stereocenters. The van der Waals surface area contributed by atoms with Crippen molar-refractivity contribution < 1.29 is 9.53 Å². The first-order chi connectivity index (χ1) is 8.15. The number of hydrogen-bond acceptors (Lipinski definition) is 3. The van der Waals surface area contributed by atoms with Gasteiger partial charge < -0.3 is 4.74 Å². The summed E-state index contributed by atoms with van der Waals surface area (Å²) >= 11 is 0. The van der Waals surface area contributed by atoms with E-state index in [0.29, 0.717) is 6.42 Å². The van der Waals surface area contributed by atoms with E-state index in [4.69, 9.17) is 4.74 Å². The molecule has 0 saturated heterocycles. The van der Waals surface area contributed by atoms with Crippen molar-refractivity contribution in [3.05, 3.63) is 29.8 Å². The van der Waals surface area contributed by atoms with Crippen LogP contribution in [0, 0.1) is 22.7 Å². The molecule has 2 aliphatic rings. The highest BCUT2D eigenvalue weighted by Crippen LogP contribution is 2.59. The fraction of sp³-hybridized carbons (Fsp3) is 0.429. The standard InChI is InChI=1S/C14H13NO2/c1-14(8-15)6-10-11(16)7-17-12-5-3-2-4-9(12)13(10)14/h2-5,10,13H,6-7H2,1H3/t10-,13+,14-/m1/s1. The van der Waals surface area contributed by atoms with Crippen LogP contribution in [0.1, 0.15) is 24.8 Å². The maximum atomic E-state index is 11.9. The predicted molar refractivity (Wildman–Crippen MR) is 61.5 cm³/mol. The number of para-hydroxylation sites is 1. The summed E-state index contributed by atoms with van der Waals surface area (Å²) in [5.41, 5.74) is 0.586. The van der Waals surface area contributed by atoms with Crippen LogP contribution in [0.15, 0.2) is 24.3 Å². The van der Waals surface area contributed by atoms with Crippen LogP contribution < -0.4 is 4.74 Å². The van der Waals surface area contributed by atoms with Gasteiger partial charge in [-0.25, -0.2) is 0 Å². The summed E-state index contributed by atoms with van der Waals surface area (Å²) in [7, 11) is 0. The number of hydrogen-bond donors (Lipinski definition) is 0. The van der Waals surface area contributed by atoms with Gasteiger partial charge in [0.2, 0.25) is 0 Å². The smallest absolute Gasteiger partial charge is 0.173 e. The third kappa shape index (κ3) is 1.30. The molecule has 1 fully saturated rings. The second-order valence-corrected chi connectivity index (χ2v) is 5.11. The second kappa shape index (κ2) is 3.33. The molecule has 0 amide bonds. The van der Waals surface area contributed by atoms with E-state index < -0.39 is 5.41 Å². The first-order valence-corrected chi connectivity index (χ1v) is 5.81.